The lowest BCUT2D eigenvalue weighted by molar-refractivity contribution is 0.582. The van der Waals surface area contributed by atoms with Crippen molar-refractivity contribution >= 4 is 53.3 Å². The molecule has 0 saturated carbocycles. The fourth-order valence-electron chi connectivity index (χ4n) is 1.59. The summed E-state index contributed by atoms with van der Waals surface area (Å²) in [5.41, 5.74) is 4.81. The van der Waals surface area contributed by atoms with Gasteiger partial charge >= 0.3 is 0 Å². The van der Waals surface area contributed by atoms with Crippen LogP contribution in [-0.2, 0) is 10.0 Å². The molecule has 0 fully saturated rings. The van der Waals surface area contributed by atoms with Gasteiger partial charge in [-0.2, -0.15) is 0 Å². The van der Waals surface area contributed by atoms with Crippen LogP contribution < -0.4 is 10.5 Å². The lowest BCUT2D eigenvalue weighted by Crippen LogP contribution is -2.16. The molecule has 0 spiro atoms. The molecule has 0 aliphatic heterocycles. The van der Waals surface area contributed by atoms with Gasteiger partial charge in [0.2, 0.25) is 0 Å². The molecular formula is C12H8Br2F2N2O2S. The number of hydrogen-bond acceptors (Lipinski definition) is 3. The number of hydrogen-bond donors (Lipinski definition) is 2. The van der Waals surface area contributed by atoms with Crippen molar-refractivity contribution in [2.24, 2.45) is 0 Å². The highest BCUT2D eigenvalue weighted by Crippen LogP contribution is 2.28. The molecule has 9 heteroatoms. The molecule has 112 valence electrons. The van der Waals surface area contributed by atoms with Crippen molar-refractivity contribution < 1.29 is 17.2 Å². The minimum Gasteiger partial charge on any atom is -0.398 e. The lowest BCUT2D eigenvalue weighted by atomic mass is 10.3. The third-order valence-electron chi connectivity index (χ3n) is 2.50. The van der Waals surface area contributed by atoms with E-state index in [1.165, 1.54) is 18.2 Å². The van der Waals surface area contributed by atoms with Gasteiger partial charge < -0.3 is 5.73 Å². The minimum atomic E-state index is -4.21. The third kappa shape index (κ3) is 3.53. The maximum atomic E-state index is 13.7. The van der Waals surface area contributed by atoms with Crippen molar-refractivity contribution in [2.75, 3.05) is 10.5 Å². The number of sulfonamides is 1. The summed E-state index contributed by atoms with van der Waals surface area (Å²) < 4.78 is 54.3. The molecule has 2 aromatic carbocycles. The summed E-state index contributed by atoms with van der Waals surface area (Å²) in [5.74, 6) is -2.08. The summed E-state index contributed by atoms with van der Waals surface area (Å²) in [6, 6.07) is 5.97. The van der Waals surface area contributed by atoms with Crippen LogP contribution >= 0.6 is 31.9 Å². The van der Waals surface area contributed by atoms with E-state index in [-0.39, 0.29) is 15.1 Å². The van der Waals surface area contributed by atoms with Crippen molar-refractivity contribution in [3.63, 3.8) is 0 Å². The smallest absolute Gasteiger partial charge is 0.264 e. The monoisotopic (exact) mass is 440 g/mol. The van der Waals surface area contributed by atoms with Crippen LogP contribution in [0.2, 0.25) is 0 Å². The summed E-state index contributed by atoms with van der Waals surface area (Å²) in [7, 11) is -4.21. The molecule has 0 heterocycles. The van der Waals surface area contributed by atoms with E-state index in [0.29, 0.717) is 4.47 Å². The molecule has 3 N–H and O–H groups in total. The molecule has 0 atom stereocenters. The first-order valence-electron chi connectivity index (χ1n) is 5.43. The average molecular weight is 442 g/mol. The first-order valence-corrected chi connectivity index (χ1v) is 8.50. The Balaban J connectivity index is 2.47. The maximum Gasteiger partial charge on any atom is 0.264 e. The molecule has 0 aliphatic carbocycles. The van der Waals surface area contributed by atoms with E-state index in [0.717, 1.165) is 12.1 Å². The van der Waals surface area contributed by atoms with Gasteiger partial charge in [0, 0.05) is 8.95 Å². The maximum absolute atomic E-state index is 13.7. The van der Waals surface area contributed by atoms with E-state index in [1.54, 1.807) is 0 Å². The van der Waals surface area contributed by atoms with Crippen LogP contribution in [0.5, 0.6) is 0 Å². The molecule has 4 nitrogen and oxygen atoms in total. The highest BCUT2D eigenvalue weighted by molar-refractivity contribution is 9.10. The van der Waals surface area contributed by atoms with Gasteiger partial charge in [0.1, 0.15) is 10.6 Å². The summed E-state index contributed by atoms with van der Waals surface area (Å²) >= 11 is 6.05. The van der Waals surface area contributed by atoms with Crippen LogP contribution in [0.25, 0.3) is 0 Å². The normalized spacial score (nSPS) is 11.4. The largest absolute Gasteiger partial charge is 0.398 e. The molecule has 2 rings (SSSR count). The van der Waals surface area contributed by atoms with Crippen molar-refractivity contribution in [2.45, 2.75) is 4.90 Å². The second kappa shape index (κ2) is 5.90. The van der Waals surface area contributed by atoms with Gasteiger partial charge in [-0.15, -0.1) is 0 Å². The summed E-state index contributed by atoms with van der Waals surface area (Å²) in [6.45, 7) is 0. The molecule has 2 aromatic rings. The van der Waals surface area contributed by atoms with Gasteiger partial charge in [0.25, 0.3) is 10.0 Å². The van der Waals surface area contributed by atoms with E-state index < -0.39 is 27.3 Å². The van der Waals surface area contributed by atoms with Crippen molar-refractivity contribution in [1.82, 2.24) is 0 Å². The summed E-state index contributed by atoms with van der Waals surface area (Å²) in [6.07, 6.45) is 0. The number of nitrogens with one attached hydrogen (secondary N) is 1. The molecule has 0 aliphatic rings. The Kier molecular flexibility index (Phi) is 4.54. The van der Waals surface area contributed by atoms with Gasteiger partial charge in [-0.05, 0) is 30.3 Å². The van der Waals surface area contributed by atoms with Gasteiger partial charge in [0.05, 0.1) is 5.69 Å². The molecule has 0 radical (unpaired) electrons. The Bertz CT molecular complexity index is 790. The average Bonchev–Trinajstić information content (AvgIpc) is 2.33. The number of halogens is 4. The van der Waals surface area contributed by atoms with Crippen LogP contribution in [0, 0.1) is 11.6 Å². The predicted molar refractivity (Wildman–Crippen MR) is 83.4 cm³/mol. The zero-order valence-electron chi connectivity index (χ0n) is 10.2. The van der Waals surface area contributed by atoms with Crippen molar-refractivity contribution in [3.05, 3.63) is 50.9 Å². The van der Waals surface area contributed by atoms with Gasteiger partial charge in [0.15, 0.2) is 11.6 Å². The van der Waals surface area contributed by atoms with Gasteiger partial charge in [-0.1, -0.05) is 31.9 Å². The lowest BCUT2D eigenvalue weighted by Gasteiger charge is -2.12. The Morgan fingerprint density at radius 2 is 1.57 bits per heavy atom. The third-order valence-corrected chi connectivity index (χ3v) is 4.88. The molecular weight excluding hydrogens is 434 g/mol. The Morgan fingerprint density at radius 1 is 1.00 bits per heavy atom. The van der Waals surface area contributed by atoms with Crippen LogP contribution in [0.15, 0.2) is 44.2 Å². The van der Waals surface area contributed by atoms with Crippen LogP contribution in [-0.4, -0.2) is 8.42 Å². The summed E-state index contributed by atoms with van der Waals surface area (Å²) in [5, 5.41) is 0. The van der Waals surface area contributed by atoms with Crippen LogP contribution in [0.4, 0.5) is 20.2 Å². The zero-order valence-corrected chi connectivity index (χ0v) is 14.2. The van der Waals surface area contributed by atoms with E-state index in [2.05, 4.69) is 31.9 Å². The fraction of sp³-hybridized carbons (Fsp3) is 0. The molecule has 0 bridgehead atoms. The highest BCUT2D eigenvalue weighted by Gasteiger charge is 2.22. The fourth-order valence-corrected chi connectivity index (χ4v) is 3.56. The topological polar surface area (TPSA) is 72.2 Å². The first kappa shape index (κ1) is 16.2. The molecule has 0 aromatic heterocycles. The van der Waals surface area contributed by atoms with Crippen LogP contribution in [0.3, 0.4) is 0 Å². The Hall–Kier alpha value is -1.19. The van der Waals surface area contributed by atoms with Crippen LogP contribution in [0.1, 0.15) is 0 Å². The molecule has 0 saturated heterocycles. The number of nitrogens with two attached hydrogens (primary N) is 1. The quantitative estimate of drug-likeness (QED) is 0.710. The SMILES string of the molecule is Nc1cc(Br)ccc1S(=O)(=O)Nc1c(F)cc(Br)cc1F. The standard InChI is InChI=1S/C12H8Br2F2N2O2S/c13-6-1-2-11(10(17)5-6)21(19,20)18-12-8(15)3-7(14)4-9(12)16/h1-5,18H,17H2. The number of rotatable bonds is 3. The second-order valence-corrected chi connectivity index (χ2v) is 7.51. The van der Waals surface area contributed by atoms with E-state index in [1.807, 2.05) is 4.72 Å². The Labute approximate surface area is 136 Å². The summed E-state index contributed by atoms with van der Waals surface area (Å²) in [4.78, 5) is -0.271. The Morgan fingerprint density at radius 3 is 2.10 bits per heavy atom. The second-order valence-electron chi connectivity index (χ2n) is 4.03. The van der Waals surface area contributed by atoms with Crippen molar-refractivity contribution in [1.29, 1.82) is 0 Å². The minimum absolute atomic E-state index is 0.0465. The number of nitrogen functional groups attached to an aromatic ring is 1. The van der Waals surface area contributed by atoms with Gasteiger partial charge in [-0.3, -0.25) is 4.72 Å². The first-order chi connectivity index (χ1) is 9.70. The zero-order chi connectivity index (χ0) is 15.8. The van der Waals surface area contributed by atoms with Gasteiger partial charge in [-0.25, -0.2) is 17.2 Å². The van der Waals surface area contributed by atoms with E-state index in [4.69, 9.17) is 5.73 Å². The van der Waals surface area contributed by atoms with E-state index >= 15 is 0 Å². The highest BCUT2D eigenvalue weighted by atomic mass is 79.9. The molecule has 21 heavy (non-hydrogen) atoms. The molecule has 0 unspecified atom stereocenters. The molecule has 0 amide bonds. The van der Waals surface area contributed by atoms with E-state index in [9.17, 15) is 17.2 Å². The number of anilines is 2. The predicted octanol–water partition coefficient (Wildman–Crippen LogP) is 3.87. The number of benzene rings is 2. The van der Waals surface area contributed by atoms with Crippen molar-refractivity contribution in [3.8, 4) is 0 Å².